The SMILES string of the molecule is CCCNC(C1CCOC2(CCOCC2)C1)C(C)C1CC1. The van der Waals surface area contributed by atoms with E-state index in [1.54, 1.807) is 0 Å². The Morgan fingerprint density at radius 1 is 1.10 bits per heavy atom. The van der Waals surface area contributed by atoms with Gasteiger partial charge in [-0.25, -0.2) is 0 Å². The molecule has 3 rings (SSSR count). The number of hydrogen-bond acceptors (Lipinski definition) is 3. The average molecular weight is 295 g/mol. The maximum absolute atomic E-state index is 6.24. The lowest BCUT2D eigenvalue weighted by Gasteiger charge is -2.46. The molecular weight excluding hydrogens is 262 g/mol. The van der Waals surface area contributed by atoms with Gasteiger partial charge in [-0.3, -0.25) is 0 Å². The first kappa shape index (κ1) is 15.8. The van der Waals surface area contributed by atoms with Crippen molar-refractivity contribution in [3.05, 3.63) is 0 Å². The molecule has 0 bridgehead atoms. The molecule has 122 valence electrons. The second-order valence-electron chi connectivity index (χ2n) is 7.57. The fraction of sp³-hybridized carbons (Fsp3) is 1.00. The van der Waals surface area contributed by atoms with Crippen LogP contribution in [-0.4, -0.2) is 38.0 Å². The van der Waals surface area contributed by atoms with Crippen molar-refractivity contribution in [3.63, 3.8) is 0 Å². The van der Waals surface area contributed by atoms with E-state index >= 15 is 0 Å². The Bertz CT molecular complexity index is 318. The molecule has 1 N–H and O–H groups in total. The highest BCUT2D eigenvalue weighted by Gasteiger charge is 2.44. The molecule has 0 radical (unpaired) electrons. The average Bonchev–Trinajstić information content (AvgIpc) is 3.33. The van der Waals surface area contributed by atoms with Gasteiger partial charge in [-0.2, -0.15) is 0 Å². The molecule has 0 aromatic rings. The molecule has 2 saturated heterocycles. The molecule has 3 nitrogen and oxygen atoms in total. The van der Waals surface area contributed by atoms with Crippen molar-refractivity contribution in [2.45, 2.75) is 70.4 Å². The van der Waals surface area contributed by atoms with Crippen LogP contribution in [0.3, 0.4) is 0 Å². The zero-order chi connectivity index (χ0) is 14.7. The topological polar surface area (TPSA) is 30.5 Å². The molecule has 3 heteroatoms. The monoisotopic (exact) mass is 295 g/mol. The van der Waals surface area contributed by atoms with Crippen LogP contribution in [0.5, 0.6) is 0 Å². The van der Waals surface area contributed by atoms with E-state index in [2.05, 4.69) is 19.2 Å². The van der Waals surface area contributed by atoms with Gasteiger partial charge in [0.2, 0.25) is 0 Å². The van der Waals surface area contributed by atoms with Crippen LogP contribution in [0, 0.1) is 17.8 Å². The van der Waals surface area contributed by atoms with Gasteiger partial charge in [0.25, 0.3) is 0 Å². The summed E-state index contributed by atoms with van der Waals surface area (Å²) in [4.78, 5) is 0. The van der Waals surface area contributed by atoms with Crippen molar-refractivity contribution in [2.75, 3.05) is 26.4 Å². The van der Waals surface area contributed by atoms with Crippen LogP contribution in [-0.2, 0) is 9.47 Å². The Hall–Kier alpha value is -0.120. The van der Waals surface area contributed by atoms with Crippen molar-refractivity contribution < 1.29 is 9.47 Å². The van der Waals surface area contributed by atoms with Crippen LogP contribution in [0.2, 0.25) is 0 Å². The zero-order valence-electron chi connectivity index (χ0n) is 13.9. The molecule has 1 spiro atoms. The Kier molecular flexibility index (Phi) is 5.23. The minimum absolute atomic E-state index is 0.135. The van der Waals surface area contributed by atoms with Gasteiger partial charge in [-0.15, -0.1) is 0 Å². The molecule has 3 fully saturated rings. The summed E-state index contributed by atoms with van der Waals surface area (Å²) >= 11 is 0. The molecule has 2 aliphatic heterocycles. The molecular formula is C18H33NO2. The summed E-state index contributed by atoms with van der Waals surface area (Å²) in [5, 5.41) is 3.90. The molecule has 0 aromatic carbocycles. The lowest BCUT2D eigenvalue weighted by molar-refractivity contribution is -0.152. The fourth-order valence-corrected chi connectivity index (χ4v) is 4.47. The maximum Gasteiger partial charge on any atom is 0.0729 e. The van der Waals surface area contributed by atoms with Gasteiger partial charge in [0.05, 0.1) is 5.60 Å². The van der Waals surface area contributed by atoms with E-state index in [9.17, 15) is 0 Å². The summed E-state index contributed by atoms with van der Waals surface area (Å²) in [5.74, 6) is 2.60. The Morgan fingerprint density at radius 2 is 1.86 bits per heavy atom. The Morgan fingerprint density at radius 3 is 2.52 bits per heavy atom. The Balaban J connectivity index is 1.65. The lowest BCUT2D eigenvalue weighted by Crippen LogP contribution is -2.51. The minimum atomic E-state index is 0.135. The highest BCUT2D eigenvalue weighted by molar-refractivity contribution is 4.96. The summed E-state index contributed by atoms with van der Waals surface area (Å²) in [5.41, 5.74) is 0.135. The smallest absolute Gasteiger partial charge is 0.0729 e. The summed E-state index contributed by atoms with van der Waals surface area (Å²) in [6.45, 7) is 8.64. The van der Waals surface area contributed by atoms with Gasteiger partial charge in [0, 0.05) is 25.9 Å². The van der Waals surface area contributed by atoms with Crippen LogP contribution in [0.25, 0.3) is 0 Å². The molecule has 2 heterocycles. The first-order valence-corrected chi connectivity index (χ1v) is 9.19. The van der Waals surface area contributed by atoms with Crippen LogP contribution < -0.4 is 5.32 Å². The van der Waals surface area contributed by atoms with E-state index in [4.69, 9.17) is 9.47 Å². The predicted octanol–water partition coefficient (Wildman–Crippen LogP) is 3.38. The van der Waals surface area contributed by atoms with Gasteiger partial charge in [-0.1, -0.05) is 13.8 Å². The normalized spacial score (nSPS) is 32.0. The predicted molar refractivity (Wildman–Crippen MR) is 85.4 cm³/mol. The molecule has 3 unspecified atom stereocenters. The quantitative estimate of drug-likeness (QED) is 0.815. The molecule has 21 heavy (non-hydrogen) atoms. The van der Waals surface area contributed by atoms with Gasteiger partial charge >= 0.3 is 0 Å². The van der Waals surface area contributed by atoms with E-state index in [1.165, 1.54) is 32.1 Å². The summed E-state index contributed by atoms with van der Waals surface area (Å²) in [6.07, 6.45) is 8.82. The third-order valence-corrected chi connectivity index (χ3v) is 6.01. The molecule has 1 saturated carbocycles. The van der Waals surface area contributed by atoms with Gasteiger partial charge in [0.15, 0.2) is 0 Å². The molecule has 1 aliphatic carbocycles. The van der Waals surface area contributed by atoms with E-state index in [-0.39, 0.29) is 5.60 Å². The van der Waals surface area contributed by atoms with E-state index in [1.807, 2.05) is 0 Å². The first-order chi connectivity index (χ1) is 10.2. The largest absolute Gasteiger partial charge is 0.381 e. The number of nitrogens with one attached hydrogen (secondary N) is 1. The van der Waals surface area contributed by atoms with Gasteiger partial charge < -0.3 is 14.8 Å². The van der Waals surface area contributed by atoms with Crippen molar-refractivity contribution in [3.8, 4) is 0 Å². The second-order valence-corrected chi connectivity index (χ2v) is 7.57. The number of rotatable bonds is 6. The van der Waals surface area contributed by atoms with Crippen LogP contribution in [0.1, 0.15) is 58.8 Å². The highest BCUT2D eigenvalue weighted by atomic mass is 16.5. The standard InChI is InChI=1S/C18H33NO2/c1-3-9-19-17(14(2)15-4-5-15)16-6-10-21-18(13-16)7-11-20-12-8-18/h14-17,19H,3-13H2,1-2H3. The van der Waals surface area contributed by atoms with E-state index in [0.717, 1.165) is 57.0 Å². The molecule has 3 atom stereocenters. The van der Waals surface area contributed by atoms with Crippen LogP contribution >= 0.6 is 0 Å². The third-order valence-electron chi connectivity index (χ3n) is 6.01. The first-order valence-electron chi connectivity index (χ1n) is 9.19. The van der Waals surface area contributed by atoms with E-state index < -0.39 is 0 Å². The Labute approximate surface area is 130 Å². The van der Waals surface area contributed by atoms with Crippen LogP contribution in [0.15, 0.2) is 0 Å². The van der Waals surface area contributed by atoms with Crippen molar-refractivity contribution in [2.24, 2.45) is 17.8 Å². The van der Waals surface area contributed by atoms with Crippen molar-refractivity contribution in [1.29, 1.82) is 0 Å². The van der Waals surface area contributed by atoms with E-state index in [0.29, 0.717) is 6.04 Å². The second kappa shape index (κ2) is 6.97. The number of hydrogen-bond donors (Lipinski definition) is 1. The molecule has 0 aromatic heterocycles. The summed E-state index contributed by atoms with van der Waals surface area (Å²) < 4.78 is 11.8. The summed E-state index contributed by atoms with van der Waals surface area (Å²) in [7, 11) is 0. The van der Waals surface area contributed by atoms with Crippen molar-refractivity contribution in [1.82, 2.24) is 5.32 Å². The minimum Gasteiger partial charge on any atom is -0.381 e. The third kappa shape index (κ3) is 3.80. The van der Waals surface area contributed by atoms with Crippen molar-refractivity contribution >= 4 is 0 Å². The van der Waals surface area contributed by atoms with Gasteiger partial charge in [-0.05, 0) is 69.2 Å². The lowest BCUT2D eigenvalue weighted by atomic mass is 9.74. The fourth-order valence-electron chi connectivity index (χ4n) is 4.47. The number of ether oxygens (including phenoxy) is 2. The molecule has 0 amide bonds. The summed E-state index contributed by atoms with van der Waals surface area (Å²) in [6, 6.07) is 0.695. The van der Waals surface area contributed by atoms with Gasteiger partial charge in [0.1, 0.15) is 0 Å². The molecule has 3 aliphatic rings. The highest BCUT2D eigenvalue weighted by Crippen LogP contribution is 2.44. The maximum atomic E-state index is 6.24. The zero-order valence-corrected chi connectivity index (χ0v) is 13.9. The van der Waals surface area contributed by atoms with Crippen LogP contribution in [0.4, 0.5) is 0 Å².